The van der Waals surface area contributed by atoms with E-state index in [-0.39, 0.29) is 17.7 Å². The number of aromatic nitrogens is 1. The molecule has 2 unspecified atom stereocenters. The SMILES string of the molecule is O=C(O)c1ccc(CNC2CCCCC2O)nc1. The van der Waals surface area contributed by atoms with Crippen molar-refractivity contribution >= 4 is 5.97 Å². The zero-order valence-corrected chi connectivity index (χ0v) is 10.2. The normalized spacial score (nSPS) is 23.8. The zero-order chi connectivity index (χ0) is 13.0. The fourth-order valence-electron chi connectivity index (χ4n) is 2.24. The summed E-state index contributed by atoms with van der Waals surface area (Å²) in [5, 5.41) is 21.8. The van der Waals surface area contributed by atoms with E-state index in [4.69, 9.17) is 5.11 Å². The molecule has 2 rings (SSSR count). The molecule has 5 heteroatoms. The van der Waals surface area contributed by atoms with Gasteiger partial charge in [0.15, 0.2) is 0 Å². The number of pyridine rings is 1. The molecule has 0 amide bonds. The minimum atomic E-state index is -0.968. The Morgan fingerprint density at radius 2 is 2.17 bits per heavy atom. The number of nitrogens with one attached hydrogen (secondary N) is 1. The molecule has 18 heavy (non-hydrogen) atoms. The van der Waals surface area contributed by atoms with Crippen LogP contribution >= 0.6 is 0 Å². The Morgan fingerprint density at radius 1 is 1.39 bits per heavy atom. The Balaban J connectivity index is 1.87. The zero-order valence-electron chi connectivity index (χ0n) is 10.2. The number of aliphatic hydroxyl groups excluding tert-OH is 1. The van der Waals surface area contributed by atoms with Crippen molar-refractivity contribution < 1.29 is 15.0 Å². The summed E-state index contributed by atoms with van der Waals surface area (Å²) in [6, 6.07) is 3.37. The molecule has 2 atom stereocenters. The van der Waals surface area contributed by atoms with Crippen molar-refractivity contribution in [1.29, 1.82) is 0 Å². The van der Waals surface area contributed by atoms with Crippen molar-refractivity contribution in [2.24, 2.45) is 0 Å². The number of aliphatic hydroxyl groups is 1. The van der Waals surface area contributed by atoms with Crippen molar-refractivity contribution in [2.45, 2.75) is 44.4 Å². The van der Waals surface area contributed by atoms with Gasteiger partial charge in [0.05, 0.1) is 17.4 Å². The Kier molecular flexibility index (Phi) is 4.28. The monoisotopic (exact) mass is 250 g/mol. The molecule has 1 saturated carbocycles. The number of carbonyl (C=O) groups is 1. The average Bonchev–Trinajstić information content (AvgIpc) is 2.38. The molecular formula is C13H18N2O3. The third kappa shape index (κ3) is 3.27. The van der Waals surface area contributed by atoms with Crippen LogP contribution in [0.3, 0.4) is 0 Å². The first-order valence-corrected chi connectivity index (χ1v) is 6.26. The third-order valence-corrected chi connectivity index (χ3v) is 3.35. The lowest BCUT2D eigenvalue weighted by atomic mass is 9.92. The number of rotatable bonds is 4. The molecule has 0 aliphatic heterocycles. The smallest absolute Gasteiger partial charge is 0.337 e. The third-order valence-electron chi connectivity index (χ3n) is 3.35. The quantitative estimate of drug-likeness (QED) is 0.747. The number of nitrogens with zero attached hydrogens (tertiary/aromatic N) is 1. The molecule has 1 aliphatic rings. The van der Waals surface area contributed by atoms with Gasteiger partial charge in [-0.2, -0.15) is 0 Å². The maximum atomic E-state index is 10.7. The standard InChI is InChI=1S/C13H18N2O3/c16-12-4-2-1-3-11(12)15-8-10-6-5-9(7-14-10)13(17)18/h5-7,11-12,15-16H,1-4,8H2,(H,17,18). The van der Waals surface area contributed by atoms with Crippen molar-refractivity contribution in [3.63, 3.8) is 0 Å². The summed E-state index contributed by atoms with van der Waals surface area (Å²) in [6.45, 7) is 0.557. The fraction of sp³-hybridized carbons (Fsp3) is 0.538. The van der Waals surface area contributed by atoms with E-state index in [0.717, 1.165) is 31.4 Å². The minimum absolute atomic E-state index is 0.125. The Bertz CT molecular complexity index is 405. The molecule has 3 N–H and O–H groups in total. The van der Waals surface area contributed by atoms with Gasteiger partial charge in [0.25, 0.3) is 0 Å². The first-order chi connectivity index (χ1) is 8.66. The predicted molar refractivity (Wildman–Crippen MR) is 66.3 cm³/mol. The summed E-state index contributed by atoms with van der Waals surface area (Å²) >= 11 is 0. The molecule has 1 aromatic heterocycles. The van der Waals surface area contributed by atoms with Crippen molar-refractivity contribution in [1.82, 2.24) is 10.3 Å². The number of hydrogen-bond acceptors (Lipinski definition) is 4. The van der Waals surface area contributed by atoms with E-state index in [1.165, 1.54) is 6.20 Å². The van der Waals surface area contributed by atoms with Crippen LogP contribution < -0.4 is 5.32 Å². The molecular weight excluding hydrogens is 232 g/mol. The highest BCUT2D eigenvalue weighted by atomic mass is 16.4. The molecule has 5 nitrogen and oxygen atoms in total. The highest BCUT2D eigenvalue weighted by molar-refractivity contribution is 5.87. The van der Waals surface area contributed by atoms with Crippen LogP contribution in [0.4, 0.5) is 0 Å². The molecule has 0 bridgehead atoms. The van der Waals surface area contributed by atoms with Crippen molar-refractivity contribution in [3.05, 3.63) is 29.6 Å². The van der Waals surface area contributed by atoms with Crippen LogP contribution in [-0.4, -0.2) is 33.3 Å². The topological polar surface area (TPSA) is 82.5 Å². The molecule has 1 aliphatic carbocycles. The predicted octanol–water partition coefficient (Wildman–Crippen LogP) is 1.17. The van der Waals surface area contributed by atoms with Gasteiger partial charge in [-0.1, -0.05) is 12.8 Å². The maximum absolute atomic E-state index is 10.7. The van der Waals surface area contributed by atoms with E-state index < -0.39 is 5.97 Å². The molecule has 1 fully saturated rings. The number of aromatic carboxylic acids is 1. The lowest BCUT2D eigenvalue weighted by Crippen LogP contribution is -2.41. The van der Waals surface area contributed by atoms with Gasteiger partial charge in [-0.3, -0.25) is 4.98 Å². The van der Waals surface area contributed by atoms with Crippen LogP contribution in [0, 0.1) is 0 Å². The number of hydrogen-bond donors (Lipinski definition) is 3. The molecule has 0 radical (unpaired) electrons. The van der Waals surface area contributed by atoms with E-state index in [9.17, 15) is 9.90 Å². The summed E-state index contributed by atoms with van der Waals surface area (Å²) in [6.07, 6.45) is 5.14. The molecule has 0 spiro atoms. The largest absolute Gasteiger partial charge is 0.478 e. The van der Waals surface area contributed by atoms with E-state index in [1.54, 1.807) is 12.1 Å². The molecule has 1 aromatic rings. The second-order valence-corrected chi connectivity index (χ2v) is 4.68. The van der Waals surface area contributed by atoms with E-state index >= 15 is 0 Å². The van der Waals surface area contributed by atoms with Crippen LogP contribution in [0.2, 0.25) is 0 Å². The first kappa shape index (κ1) is 13.0. The summed E-state index contributed by atoms with van der Waals surface area (Å²) in [4.78, 5) is 14.8. The summed E-state index contributed by atoms with van der Waals surface area (Å²) in [5.74, 6) is -0.968. The summed E-state index contributed by atoms with van der Waals surface area (Å²) in [5.41, 5.74) is 0.981. The van der Waals surface area contributed by atoms with E-state index in [2.05, 4.69) is 10.3 Å². The number of carboxylic acid groups (broad SMARTS) is 1. The van der Waals surface area contributed by atoms with Gasteiger partial charge in [-0.15, -0.1) is 0 Å². The Hall–Kier alpha value is -1.46. The Morgan fingerprint density at radius 3 is 2.78 bits per heavy atom. The Labute approximate surface area is 106 Å². The van der Waals surface area contributed by atoms with Crippen LogP contribution in [0.1, 0.15) is 41.7 Å². The highest BCUT2D eigenvalue weighted by Crippen LogP contribution is 2.18. The summed E-state index contributed by atoms with van der Waals surface area (Å²) in [7, 11) is 0. The van der Waals surface area contributed by atoms with E-state index in [0.29, 0.717) is 6.54 Å². The van der Waals surface area contributed by atoms with Crippen LogP contribution in [0.5, 0.6) is 0 Å². The van der Waals surface area contributed by atoms with Gasteiger partial charge in [0.1, 0.15) is 0 Å². The van der Waals surface area contributed by atoms with Crippen molar-refractivity contribution in [2.75, 3.05) is 0 Å². The van der Waals surface area contributed by atoms with Crippen LogP contribution in [0.15, 0.2) is 18.3 Å². The van der Waals surface area contributed by atoms with Crippen molar-refractivity contribution in [3.8, 4) is 0 Å². The molecule has 1 heterocycles. The minimum Gasteiger partial charge on any atom is -0.478 e. The second-order valence-electron chi connectivity index (χ2n) is 4.68. The van der Waals surface area contributed by atoms with Gasteiger partial charge in [-0.05, 0) is 25.0 Å². The first-order valence-electron chi connectivity index (χ1n) is 6.26. The van der Waals surface area contributed by atoms with E-state index in [1.807, 2.05) is 0 Å². The molecule has 0 aromatic carbocycles. The molecule has 0 saturated heterocycles. The lowest BCUT2D eigenvalue weighted by molar-refractivity contribution is 0.0696. The van der Waals surface area contributed by atoms with Gasteiger partial charge in [-0.25, -0.2) is 4.79 Å². The van der Waals surface area contributed by atoms with Crippen LogP contribution in [0.25, 0.3) is 0 Å². The van der Waals surface area contributed by atoms with Gasteiger partial charge < -0.3 is 15.5 Å². The average molecular weight is 250 g/mol. The molecule has 98 valence electrons. The van der Waals surface area contributed by atoms with Crippen LogP contribution in [-0.2, 0) is 6.54 Å². The van der Waals surface area contributed by atoms with Gasteiger partial charge in [0.2, 0.25) is 0 Å². The highest BCUT2D eigenvalue weighted by Gasteiger charge is 2.22. The number of carboxylic acids is 1. The van der Waals surface area contributed by atoms with Gasteiger partial charge in [0, 0.05) is 18.8 Å². The maximum Gasteiger partial charge on any atom is 0.337 e. The lowest BCUT2D eigenvalue weighted by Gasteiger charge is -2.28. The van der Waals surface area contributed by atoms with Gasteiger partial charge >= 0.3 is 5.97 Å². The summed E-state index contributed by atoms with van der Waals surface area (Å²) < 4.78 is 0. The fourth-order valence-corrected chi connectivity index (χ4v) is 2.24. The second kappa shape index (κ2) is 5.93.